The van der Waals surface area contributed by atoms with E-state index in [-0.39, 0.29) is 24.0 Å². The number of aliphatic imine (C=N–C) groups is 1. The normalized spacial score (nSPS) is 20.6. The van der Waals surface area contributed by atoms with Crippen LogP contribution in [0.3, 0.4) is 0 Å². The number of aromatic nitrogens is 2. The highest BCUT2D eigenvalue weighted by Crippen LogP contribution is 2.35. The number of alkyl halides is 3. The minimum Gasteiger partial charge on any atom is -0.406 e. The first-order valence-electron chi connectivity index (χ1n) is 8.01. The summed E-state index contributed by atoms with van der Waals surface area (Å²) >= 11 is 0. The van der Waals surface area contributed by atoms with Gasteiger partial charge in [0, 0.05) is 19.7 Å². The molecule has 1 aromatic carbocycles. The van der Waals surface area contributed by atoms with E-state index in [0.717, 1.165) is 0 Å². The van der Waals surface area contributed by atoms with Crippen LogP contribution in [0.2, 0.25) is 0 Å². The number of carbonyl (C=O) groups excluding carboxylic acids is 1. The molecular weight excluding hydrogens is 363 g/mol. The predicted molar refractivity (Wildman–Crippen MR) is 91.7 cm³/mol. The lowest BCUT2D eigenvalue weighted by Crippen LogP contribution is -2.48. The molecule has 0 fully saturated rings. The molecule has 2 N–H and O–H groups in total. The van der Waals surface area contributed by atoms with Gasteiger partial charge < -0.3 is 10.5 Å². The van der Waals surface area contributed by atoms with Crippen molar-refractivity contribution in [1.29, 1.82) is 0 Å². The van der Waals surface area contributed by atoms with Crippen molar-refractivity contribution in [3.05, 3.63) is 36.0 Å². The molecule has 7 nitrogen and oxygen atoms in total. The van der Waals surface area contributed by atoms with Crippen LogP contribution < -0.4 is 10.5 Å². The first-order valence-corrected chi connectivity index (χ1v) is 8.01. The SMILES string of the molecule is CN1C(=O)CC(C)(c2cc(-c3cccc(OC(F)(F)F)c3)nn2C)N=C1N. The second-order valence-corrected chi connectivity index (χ2v) is 6.49. The van der Waals surface area contributed by atoms with Gasteiger partial charge in [-0.05, 0) is 25.1 Å². The molecule has 2 aromatic rings. The summed E-state index contributed by atoms with van der Waals surface area (Å²) in [5.74, 6) is -0.430. The number of halogens is 3. The number of rotatable bonds is 3. The molecule has 1 atom stereocenters. The number of carbonyl (C=O) groups is 1. The third kappa shape index (κ3) is 3.74. The van der Waals surface area contributed by atoms with Crippen molar-refractivity contribution in [3.63, 3.8) is 0 Å². The van der Waals surface area contributed by atoms with E-state index in [0.29, 0.717) is 17.0 Å². The molecule has 0 bridgehead atoms. The second-order valence-electron chi connectivity index (χ2n) is 6.49. The van der Waals surface area contributed by atoms with Crippen LogP contribution in [-0.2, 0) is 17.4 Å². The Kier molecular flexibility index (Phi) is 4.37. The Labute approximate surface area is 153 Å². The largest absolute Gasteiger partial charge is 0.573 e. The maximum atomic E-state index is 12.4. The van der Waals surface area contributed by atoms with Crippen molar-refractivity contribution in [2.24, 2.45) is 17.8 Å². The van der Waals surface area contributed by atoms with Gasteiger partial charge in [0.2, 0.25) is 5.91 Å². The first-order chi connectivity index (χ1) is 12.5. The number of amides is 1. The van der Waals surface area contributed by atoms with Crippen LogP contribution in [-0.4, -0.2) is 40.0 Å². The molecule has 3 rings (SSSR count). The fourth-order valence-corrected chi connectivity index (χ4v) is 3.02. The van der Waals surface area contributed by atoms with Crippen LogP contribution in [0.5, 0.6) is 5.75 Å². The molecule has 1 aliphatic rings. The molecule has 144 valence electrons. The average molecular weight is 381 g/mol. The Balaban J connectivity index is 1.98. The molecule has 0 spiro atoms. The number of guanidine groups is 1. The van der Waals surface area contributed by atoms with Crippen LogP contribution in [0.15, 0.2) is 35.3 Å². The highest BCUT2D eigenvalue weighted by molar-refractivity contribution is 5.98. The fourth-order valence-electron chi connectivity index (χ4n) is 3.02. The van der Waals surface area contributed by atoms with Gasteiger partial charge in [0.1, 0.15) is 11.3 Å². The molecule has 1 amide bonds. The van der Waals surface area contributed by atoms with E-state index in [2.05, 4.69) is 14.8 Å². The number of aryl methyl sites for hydroxylation is 1. The van der Waals surface area contributed by atoms with E-state index in [9.17, 15) is 18.0 Å². The lowest BCUT2D eigenvalue weighted by molar-refractivity contribution is -0.274. The molecule has 1 unspecified atom stereocenters. The highest BCUT2D eigenvalue weighted by atomic mass is 19.4. The Bertz CT molecular complexity index is 922. The Morgan fingerprint density at radius 2 is 1.96 bits per heavy atom. The zero-order valence-electron chi connectivity index (χ0n) is 14.9. The number of nitrogens with two attached hydrogens (primary N) is 1. The summed E-state index contributed by atoms with van der Waals surface area (Å²) in [6.07, 6.45) is -4.68. The maximum Gasteiger partial charge on any atom is 0.573 e. The van der Waals surface area contributed by atoms with Crippen LogP contribution >= 0.6 is 0 Å². The molecule has 0 aliphatic carbocycles. The van der Waals surface area contributed by atoms with Gasteiger partial charge in [0.15, 0.2) is 5.96 Å². The van der Waals surface area contributed by atoms with Crippen molar-refractivity contribution in [3.8, 4) is 17.0 Å². The number of hydrogen-bond donors (Lipinski definition) is 1. The van der Waals surface area contributed by atoms with Crippen LogP contribution in [0.1, 0.15) is 19.0 Å². The van der Waals surface area contributed by atoms with Crippen LogP contribution in [0.4, 0.5) is 13.2 Å². The zero-order chi connectivity index (χ0) is 20.0. The molecular formula is C17H18F3N5O2. The van der Waals surface area contributed by atoms with Gasteiger partial charge in [0.05, 0.1) is 17.8 Å². The predicted octanol–water partition coefficient (Wildman–Crippen LogP) is 2.38. The maximum absolute atomic E-state index is 12.4. The number of hydrogen-bond acceptors (Lipinski definition) is 5. The van der Waals surface area contributed by atoms with Gasteiger partial charge in [-0.2, -0.15) is 5.10 Å². The monoisotopic (exact) mass is 381 g/mol. The third-order valence-electron chi connectivity index (χ3n) is 4.37. The molecule has 1 aliphatic heterocycles. The molecule has 2 heterocycles. The molecule has 1 aromatic heterocycles. The minimum absolute atomic E-state index is 0.0945. The molecule has 0 saturated heterocycles. The van der Waals surface area contributed by atoms with E-state index in [1.165, 1.54) is 23.1 Å². The van der Waals surface area contributed by atoms with Crippen molar-refractivity contribution < 1.29 is 22.7 Å². The van der Waals surface area contributed by atoms with E-state index >= 15 is 0 Å². The van der Waals surface area contributed by atoms with Gasteiger partial charge in [0.25, 0.3) is 0 Å². The van der Waals surface area contributed by atoms with Gasteiger partial charge in [-0.15, -0.1) is 13.2 Å². The lowest BCUT2D eigenvalue weighted by Gasteiger charge is -2.33. The van der Waals surface area contributed by atoms with Gasteiger partial charge in [-0.25, -0.2) is 4.99 Å². The summed E-state index contributed by atoms with van der Waals surface area (Å²) in [5.41, 5.74) is 6.40. The van der Waals surface area contributed by atoms with E-state index < -0.39 is 11.9 Å². The molecule has 10 heteroatoms. The molecule has 27 heavy (non-hydrogen) atoms. The van der Waals surface area contributed by atoms with Gasteiger partial charge in [-0.3, -0.25) is 14.4 Å². The van der Waals surface area contributed by atoms with Crippen molar-refractivity contribution >= 4 is 11.9 Å². The molecule has 0 radical (unpaired) electrons. The Morgan fingerprint density at radius 3 is 2.59 bits per heavy atom. The standard InChI is InChI=1S/C17H18F3N5O2/c1-16(9-14(26)24(2)15(21)22-16)13-8-12(23-25(13)3)10-5-4-6-11(7-10)27-17(18,19)20/h4-8H,9H2,1-3H3,(H2,21,22). The quantitative estimate of drug-likeness (QED) is 0.885. The summed E-state index contributed by atoms with van der Waals surface area (Å²) < 4.78 is 42.8. The Hall–Kier alpha value is -3.04. The summed E-state index contributed by atoms with van der Waals surface area (Å²) in [7, 11) is 3.22. The average Bonchev–Trinajstić information content (AvgIpc) is 2.94. The number of nitrogens with zero attached hydrogens (tertiary/aromatic N) is 4. The summed E-state index contributed by atoms with van der Waals surface area (Å²) in [6, 6.07) is 7.21. The van der Waals surface area contributed by atoms with Gasteiger partial charge >= 0.3 is 6.36 Å². The number of benzene rings is 1. The lowest BCUT2D eigenvalue weighted by atomic mass is 9.91. The highest BCUT2D eigenvalue weighted by Gasteiger charge is 2.38. The van der Waals surface area contributed by atoms with Crippen molar-refractivity contribution in [2.45, 2.75) is 25.2 Å². The summed E-state index contributed by atoms with van der Waals surface area (Å²) in [6.45, 7) is 1.76. The minimum atomic E-state index is -4.78. The van der Waals surface area contributed by atoms with E-state index in [4.69, 9.17) is 5.73 Å². The summed E-state index contributed by atoms with van der Waals surface area (Å²) in [4.78, 5) is 17.9. The van der Waals surface area contributed by atoms with E-state index in [1.54, 1.807) is 37.8 Å². The topological polar surface area (TPSA) is 85.7 Å². The number of ether oxygens (including phenoxy) is 1. The van der Waals surface area contributed by atoms with Crippen molar-refractivity contribution in [2.75, 3.05) is 7.05 Å². The van der Waals surface area contributed by atoms with Crippen LogP contribution in [0, 0.1) is 0 Å². The Morgan fingerprint density at radius 1 is 1.26 bits per heavy atom. The zero-order valence-corrected chi connectivity index (χ0v) is 14.9. The third-order valence-corrected chi connectivity index (χ3v) is 4.37. The van der Waals surface area contributed by atoms with Crippen LogP contribution in [0.25, 0.3) is 11.3 Å². The van der Waals surface area contributed by atoms with Gasteiger partial charge in [-0.1, -0.05) is 12.1 Å². The smallest absolute Gasteiger partial charge is 0.406 e. The van der Waals surface area contributed by atoms with Crippen molar-refractivity contribution in [1.82, 2.24) is 14.7 Å². The first kappa shape index (κ1) is 18.7. The summed E-state index contributed by atoms with van der Waals surface area (Å²) in [5, 5.41) is 4.35. The fraction of sp³-hybridized carbons (Fsp3) is 0.353. The second kappa shape index (κ2) is 6.29. The van der Waals surface area contributed by atoms with E-state index in [1.807, 2.05) is 0 Å². The molecule has 0 saturated carbocycles.